The van der Waals surface area contributed by atoms with E-state index in [0.29, 0.717) is 114 Å². The van der Waals surface area contributed by atoms with E-state index < -0.39 is 20.7 Å². The molecule has 83 heavy (non-hydrogen) atoms. The number of sulfonamides is 1. The number of aromatic nitrogens is 1. The molecule has 2 amide bonds. The van der Waals surface area contributed by atoms with Crippen molar-refractivity contribution < 1.29 is 59.6 Å². The summed E-state index contributed by atoms with van der Waals surface area (Å²) in [5, 5.41) is 7.11. The molecule has 0 saturated carbocycles. The average molecular weight is 1200 g/mol. The first-order chi connectivity index (χ1) is 40.1. The molecule has 19 nitrogen and oxygen atoms in total. The quantitative estimate of drug-likeness (QED) is 0.0232. The van der Waals surface area contributed by atoms with E-state index in [1.807, 2.05) is 49.4 Å². The summed E-state index contributed by atoms with van der Waals surface area (Å²) >= 11 is 6.05. The lowest BCUT2D eigenvalue weighted by Gasteiger charge is -2.33. The summed E-state index contributed by atoms with van der Waals surface area (Å²) in [6, 6.07) is 22.2. The van der Waals surface area contributed by atoms with Crippen LogP contribution in [0.1, 0.15) is 79.7 Å². The van der Waals surface area contributed by atoms with Crippen LogP contribution in [0, 0.1) is 6.92 Å². The minimum absolute atomic E-state index is 0.0211. The van der Waals surface area contributed by atoms with Crippen molar-refractivity contribution in [2.75, 3.05) is 111 Å². The number of unbranched alkanes of at least 4 members (excludes halogenated alkanes) is 1. The van der Waals surface area contributed by atoms with E-state index in [1.54, 1.807) is 48.1 Å². The van der Waals surface area contributed by atoms with Crippen LogP contribution in [-0.4, -0.2) is 156 Å². The Kier molecular flexibility index (Phi) is 24.3. The average Bonchev–Trinajstić information content (AvgIpc) is 3.94. The van der Waals surface area contributed by atoms with Crippen LogP contribution in [0.15, 0.2) is 118 Å². The monoisotopic (exact) mass is 1200 g/mol. The standard InChI is InChI=1S/C61H77ClN6O13S2/c1-7-66(8-2)45-17-21-49-55(37-45)81-56-38-46(67(9-3)10-4)18-22-50(56)60(49)51-23-20-48(40-57(51)82(72)73)83(74,75)65-28-30-78-32-34-80-36-35-79-33-31-77-29-25-58(69)63-26-11-12-27-64-59(70)41-52-42(5)68(54-24-19-47(76-6)39-53(52)54)61(71)43-13-15-44(62)16-14-43/h13-24,37-40,45,65,82H,7-12,25-36,41H2,1-6H3,(H,63,69)(H,64,70)/t45-/m0/s1. The molecule has 0 unspecified atom stereocenters. The second-order valence-corrected chi connectivity index (χ2v) is 22.8. The zero-order valence-corrected chi connectivity index (χ0v) is 50.6. The number of ether oxygens (including phenoxy) is 6. The van der Waals surface area contributed by atoms with Crippen LogP contribution in [0.5, 0.6) is 11.5 Å². The van der Waals surface area contributed by atoms with Gasteiger partial charge in [-0.15, -0.1) is 0 Å². The van der Waals surface area contributed by atoms with Crippen molar-refractivity contribution in [3.8, 4) is 11.5 Å². The summed E-state index contributed by atoms with van der Waals surface area (Å²) in [5.41, 5.74) is 5.94. The van der Waals surface area contributed by atoms with Crippen molar-refractivity contribution in [1.82, 2.24) is 24.8 Å². The second-order valence-electron chi connectivity index (χ2n) is 19.6. The van der Waals surface area contributed by atoms with E-state index in [1.165, 1.54) is 12.1 Å². The highest BCUT2D eigenvalue weighted by Crippen LogP contribution is 2.46. The molecule has 0 fully saturated rings. The first-order valence-electron chi connectivity index (χ1n) is 28.2. The van der Waals surface area contributed by atoms with Crippen LogP contribution >= 0.6 is 11.6 Å². The second kappa shape index (κ2) is 31.5. The van der Waals surface area contributed by atoms with Gasteiger partial charge in [-0.25, -0.2) is 21.6 Å². The molecular formula is C61H77ClN6O13S2. The Morgan fingerprint density at radius 3 is 2.01 bits per heavy atom. The van der Waals surface area contributed by atoms with Crippen LogP contribution in [0.4, 0.5) is 5.69 Å². The Bertz CT molecular complexity index is 3340. The van der Waals surface area contributed by atoms with Crippen molar-refractivity contribution in [3.05, 3.63) is 141 Å². The van der Waals surface area contributed by atoms with Gasteiger partial charge in [0, 0.05) is 94.8 Å². The third kappa shape index (κ3) is 16.9. The molecule has 1 aliphatic heterocycles. The van der Waals surface area contributed by atoms with Gasteiger partial charge in [0.1, 0.15) is 17.3 Å². The number of carbonyl (C=O) groups is 3. The number of allylic oxidation sites excluding steroid dienone is 1. The zero-order chi connectivity index (χ0) is 59.5. The lowest BCUT2D eigenvalue weighted by molar-refractivity contribution is -0.122. The fraction of sp³-hybridized carbons (Fsp3) is 0.426. The topological polar surface area (TPSA) is 222 Å². The number of hydrogen-bond donors (Lipinski definition) is 4. The molecule has 0 bridgehead atoms. The lowest BCUT2D eigenvalue weighted by atomic mass is 9.86. The lowest BCUT2D eigenvalue weighted by Crippen LogP contribution is -2.34. The Morgan fingerprint density at radius 2 is 1.37 bits per heavy atom. The summed E-state index contributed by atoms with van der Waals surface area (Å²) in [6.45, 7) is 16.2. The summed E-state index contributed by atoms with van der Waals surface area (Å²) in [5.74, 6) is 1.26. The van der Waals surface area contributed by atoms with E-state index in [9.17, 15) is 31.2 Å². The molecule has 22 heteroatoms. The number of fused-ring (bicyclic) bond motifs is 3. The zero-order valence-electron chi connectivity index (χ0n) is 48.1. The molecule has 7 rings (SSSR count). The molecule has 0 saturated heterocycles. The maximum Gasteiger partial charge on any atom is 0.262 e. The number of hydrogen-bond acceptors (Lipinski definition) is 15. The Hall–Kier alpha value is -6.40. The number of anilines is 1. The van der Waals surface area contributed by atoms with Gasteiger partial charge in [-0.2, -0.15) is 0 Å². The van der Waals surface area contributed by atoms with E-state index in [2.05, 4.69) is 58.9 Å². The molecule has 0 radical (unpaired) electrons. The van der Waals surface area contributed by atoms with Gasteiger partial charge in [0.15, 0.2) is 10.7 Å². The molecule has 5 aromatic rings. The first-order valence-corrected chi connectivity index (χ1v) is 31.2. The first kappa shape index (κ1) is 64.2. The molecule has 1 aromatic heterocycles. The van der Waals surface area contributed by atoms with Crippen molar-refractivity contribution >= 4 is 72.2 Å². The molecule has 2 aliphatic rings. The van der Waals surface area contributed by atoms with E-state index in [4.69, 9.17) is 40.0 Å². The number of methoxy groups -OCH3 is 1. The largest absolute Gasteiger partial charge is 0.497 e. The molecular weight excluding hydrogens is 1120 g/mol. The van der Waals surface area contributed by atoms with Crippen LogP contribution in [0.2, 0.25) is 5.02 Å². The maximum atomic E-state index is 13.6. The van der Waals surface area contributed by atoms with Crippen LogP contribution in [0.3, 0.4) is 0 Å². The molecule has 2 heterocycles. The van der Waals surface area contributed by atoms with Crippen molar-refractivity contribution in [2.24, 2.45) is 0 Å². The number of halogens is 1. The molecule has 1 aliphatic carbocycles. The number of nitrogens with one attached hydrogen (secondary N) is 3. The molecule has 0 spiro atoms. The van der Waals surface area contributed by atoms with Gasteiger partial charge < -0.3 is 44.0 Å². The fourth-order valence-electron chi connectivity index (χ4n) is 10.00. The summed E-state index contributed by atoms with van der Waals surface area (Å²) < 4.78 is 91.3. The Labute approximate surface area is 493 Å². The highest BCUT2D eigenvalue weighted by atomic mass is 35.5. The van der Waals surface area contributed by atoms with E-state index >= 15 is 0 Å². The molecule has 4 aromatic carbocycles. The molecule has 3 N–H and O–H groups in total. The van der Waals surface area contributed by atoms with Gasteiger partial charge in [0.2, 0.25) is 21.8 Å². The third-order valence-corrected chi connectivity index (χ3v) is 16.9. The van der Waals surface area contributed by atoms with Crippen LogP contribution in [-0.2, 0) is 55.7 Å². The van der Waals surface area contributed by atoms with Gasteiger partial charge in [-0.3, -0.25) is 23.9 Å². The number of amides is 2. The number of carbonyl (C=O) groups excluding carboxylic acids is 3. The smallest absolute Gasteiger partial charge is 0.262 e. The van der Waals surface area contributed by atoms with Crippen molar-refractivity contribution in [3.63, 3.8) is 0 Å². The predicted octanol–water partition coefficient (Wildman–Crippen LogP) is 7.47. The van der Waals surface area contributed by atoms with E-state index in [0.717, 1.165) is 42.8 Å². The number of thiol groups is 1. The highest BCUT2D eigenvalue weighted by Gasteiger charge is 2.31. The summed E-state index contributed by atoms with van der Waals surface area (Å²) in [7, 11) is -5.78. The van der Waals surface area contributed by atoms with Gasteiger partial charge in [0.25, 0.3) is 5.91 Å². The number of benzene rings is 4. The number of likely N-dealkylation sites (N-methyl/N-ethyl adjacent to an activating group) is 1. The Morgan fingerprint density at radius 1 is 0.735 bits per heavy atom. The van der Waals surface area contributed by atoms with Crippen LogP contribution < -0.4 is 29.7 Å². The fourth-order valence-corrected chi connectivity index (χ4v) is 11.9. The molecule has 1 atom stereocenters. The highest BCUT2D eigenvalue weighted by molar-refractivity contribution is 7.89. The summed E-state index contributed by atoms with van der Waals surface area (Å²) in [6.07, 6.45) is 7.66. The van der Waals surface area contributed by atoms with Gasteiger partial charge in [-0.1, -0.05) is 43.7 Å². The minimum atomic E-state index is -4.12. The van der Waals surface area contributed by atoms with Gasteiger partial charge in [-0.05, 0) is 125 Å². The normalized spacial score (nSPS) is 13.9. The van der Waals surface area contributed by atoms with Crippen molar-refractivity contribution in [1.29, 1.82) is 0 Å². The minimum Gasteiger partial charge on any atom is -0.497 e. The van der Waals surface area contributed by atoms with Crippen molar-refractivity contribution in [2.45, 2.75) is 76.1 Å². The molecule has 448 valence electrons. The predicted molar refractivity (Wildman–Crippen MR) is 322 cm³/mol. The van der Waals surface area contributed by atoms with Gasteiger partial charge in [0.05, 0.1) is 87.7 Å². The van der Waals surface area contributed by atoms with Crippen LogP contribution in [0.25, 0.3) is 16.5 Å². The third-order valence-electron chi connectivity index (χ3n) is 14.4. The van der Waals surface area contributed by atoms with Gasteiger partial charge >= 0.3 is 0 Å². The SMILES string of the molecule is CCN(CC)c1ccc2c(c1)OC1=C[C@@H](N(CC)CC)C=CC1=C2c1ccc(S(=O)(=O)NCCOCCOCCOCCOCCC(=O)NCCCCNC(=O)Cc2c(C)n(C(=O)c3ccc(Cl)cc3)c3ccc(OC)cc23)cc1[SH](=O)=O. The Balaban J connectivity index is 0.742. The number of rotatable bonds is 34. The number of nitrogens with zero attached hydrogens (tertiary/aromatic N) is 3. The summed E-state index contributed by atoms with van der Waals surface area (Å²) in [4.78, 5) is 43.2. The van der Waals surface area contributed by atoms with E-state index in [-0.39, 0.29) is 79.4 Å². The maximum absolute atomic E-state index is 13.6.